The van der Waals surface area contributed by atoms with E-state index in [1.54, 1.807) is 0 Å². The molecule has 1 rings (SSSR count). The number of esters is 3. The Morgan fingerprint density at radius 1 is 0.343 bits per heavy atom. The molecule has 1 saturated heterocycles. The highest BCUT2D eigenvalue weighted by Gasteiger charge is 2.18. The minimum absolute atomic E-state index is 0.0487. The summed E-state index contributed by atoms with van der Waals surface area (Å²) in [5, 5.41) is 0. The third kappa shape index (κ3) is 48.0. The topological polar surface area (TPSA) is 88.6 Å². The fourth-order valence-corrected chi connectivity index (χ4v) is 11.4. The summed E-state index contributed by atoms with van der Waals surface area (Å²) in [6, 6.07) is 0. The standard InChI is InChI=1S/C59H115N3O6S2/c1-4-7-10-13-16-19-22-25-28-31-34-37-52-66-57(63)40-43-60(44-41-58(64)67-53-38-35-32-29-26-23-20-17-14-11-8-5-2)50-55-69-70-56-51-62-48-46-61(47-49-62)45-42-59(65)68-54-39-36-33-30-27-24-21-18-15-12-9-6-3/h4-56H2,1-3H3. The van der Waals surface area contributed by atoms with Crippen LogP contribution in [0.25, 0.3) is 0 Å². The van der Waals surface area contributed by atoms with Gasteiger partial charge in [-0.3, -0.25) is 19.3 Å². The van der Waals surface area contributed by atoms with Crippen LogP contribution in [0.1, 0.15) is 271 Å². The molecule has 11 heteroatoms. The number of rotatable bonds is 55. The summed E-state index contributed by atoms with van der Waals surface area (Å²) < 4.78 is 16.8. The van der Waals surface area contributed by atoms with Crippen molar-refractivity contribution in [1.29, 1.82) is 0 Å². The summed E-state index contributed by atoms with van der Waals surface area (Å²) >= 11 is 0. The molecule has 0 bridgehead atoms. The second-order valence-electron chi connectivity index (χ2n) is 20.7. The van der Waals surface area contributed by atoms with Crippen molar-refractivity contribution in [1.82, 2.24) is 14.7 Å². The van der Waals surface area contributed by atoms with E-state index >= 15 is 0 Å². The molecule has 0 amide bonds. The van der Waals surface area contributed by atoms with Crippen molar-refractivity contribution in [2.45, 2.75) is 271 Å². The number of unbranched alkanes of at least 4 members (excludes halogenated alkanes) is 33. The van der Waals surface area contributed by atoms with Crippen LogP contribution in [0.2, 0.25) is 0 Å². The van der Waals surface area contributed by atoms with Gasteiger partial charge in [-0.1, -0.05) is 254 Å². The molecule has 0 aromatic carbocycles. The van der Waals surface area contributed by atoms with Crippen LogP contribution in [0.4, 0.5) is 0 Å². The number of ether oxygens (including phenoxy) is 3. The van der Waals surface area contributed by atoms with Crippen LogP contribution < -0.4 is 0 Å². The minimum atomic E-state index is -0.130. The Hall–Kier alpha value is -1.01. The molecule has 0 spiro atoms. The van der Waals surface area contributed by atoms with E-state index in [0.29, 0.717) is 52.2 Å². The van der Waals surface area contributed by atoms with Gasteiger partial charge in [-0.2, -0.15) is 0 Å². The predicted molar refractivity (Wildman–Crippen MR) is 304 cm³/mol. The van der Waals surface area contributed by atoms with Gasteiger partial charge in [-0.15, -0.1) is 0 Å². The summed E-state index contributed by atoms with van der Waals surface area (Å²) in [5.41, 5.74) is 0. The summed E-state index contributed by atoms with van der Waals surface area (Å²) in [6.07, 6.45) is 47.9. The molecule has 0 aliphatic carbocycles. The molecule has 0 saturated carbocycles. The zero-order valence-corrected chi connectivity index (χ0v) is 48.2. The smallest absolute Gasteiger partial charge is 0.307 e. The molecule has 0 atom stereocenters. The van der Waals surface area contributed by atoms with E-state index < -0.39 is 0 Å². The number of piperazine rings is 1. The van der Waals surface area contributed by atoms with E-state index in [-0.39, 0.29) is 17.9 Å². The molecule has 1 aliphatic rings. The van der Waals surface area contributed by atoms with Gasteiger partial charge in [0.05, 0.1) is 39.1 Å². The summed E-state index contributed by atoms with van der Waals surface area (Å²) in [6.45, 7) is 16.4. The highest BCUT2D eigenvalue weighted by atomic mass is 33.1. The Labute approximate surface area is 442 Å². The lowest BCUT2D eigenvalue weighted by Crippen LogP contribution is -2.47. The molecule has 70 heavy (non-hydrogen) atoms. The molecule has 0 aromatic rings. The molecule has 414 valence electrons. The van der Waals surface area contributed by atoms with E-state index in [1.807, 2.05) is 21.6 Å². The molecular weight excluding hydrogens is 911 g/mol. The fraction of sp³-hybridized carbons (Fsp3) is 0.949. The quantitative estimate of drug-likeness (QED) is 0.0253. The second kappa shape index (κ2) is 54.3. The third-order valence-electron chi connectivity index (χ3n) is 14.2. The molecule has 0 radical (unpaired) electrons. The molecule has 0 aromatic heterocycles. The SMILES string of the molecule is CCCCCCCCCCCCCCOC(=O)CCN(CCSSCCN1CCN(CCC(=O)OCCCCCCCCCCCCCC)CC1)CCC(=O)OCCCCCCCCCCCCCC. The zero-order valence-electron chi connectivity index (χ0n) is 46.6. The first kappa shape index (κ1) is 67.0. The van der Waals surface area contributed by atoms with Crippen LogP contribution in [-0.2, 0) is 28.6 Å². The van der Waals surface area contributed by atoms with Crippen molar-refractivity contribution in [2.75, 3.05) is 90.2 Å². The van der Waals surface area contributed by atoms with Gasteiger partial charge in [0.2, 0.25) is 0 Å². The van der Waals surface area contributed by atoms with Crippen LogP contribution in [0.5, 0.6) is 0 Å². The zero-order chi connectivity index (χ0) is 50.5. The summed E-state index contributed by atoms with van der Waals surface area (Å²) in [5.74, 6) is 1.69. The van der Waals surface area contributed by atoms with Crippen LogP contribution in [0.3, 0.4) is 0 Å². The van der Waals surface area contributed by atoms with E-state index in [4.69, 9.17) is 14.2 Å². The van der Waals surface area contributed by atoms with Gasteiger partial charge in [0.1, 0.15) is 0 Å². The fourth-order valence-electron chi connectivity index (χ4n) is 9.37. The largest absolute Gasteiger partial charge is 0.466 e. The lowest BCUT2D eigenvalue weighted by molar-refractivity contribution is -0.145. The minimum Gasteiger partial charge on any atom is -0.466 e. The number of carbonyl (C=O) groups excluding carboxylic acids is 3. The first-order valence-corrected chi connectivity index (χ1v) is 32.9. The Kier molecular flexibility index (Phi) is 51.9. The van der Waals surface area contributed by atoms with Gasteiger partial charge in [-0.25, -0.2) is 0 Å². The van der Waals surface area contributed by atoms with Gasteiger partial charge in [-0.05, 0) is 19.3 Å². The maximum absolute atomic E-state index is 12.7. The van der Waals surface area contributed by atoms with Gasteiger partial charge in [0.15, 0.2) is 0 Å². The highest BCUT2D eigenvalue weighted by Crippen LogP contribution is 2.22. The molecule has 9 nitrogen and oxygen atoms in total. The van der Waals surface area contributed by atoms with E-state index in [1.165, 1.54) is 193 Å². The van der Waals surface area contributed by atoms with E-state index in [9.17, 15) is 14.4 Å². The molecular formula is C59H115N3O6S2. The molecule has 1 fully saturated rings. The van der Waals surface area contributed by atoms with Crippen molar-refractivity contribution < 1.29 is 28.6 Å². The summed E-state index contributed by atoms with van der Waals surface area (Å²) in [7, 11) is 3.80. The van der Waals surface area contributed by atoms with E-state index in [0.717, 1.165) is 95.8 Å². The van der Waals surface area contributed by atoms with Crippen LogP contribution in [-0.4, -0.2) is 123 Å². The van der Waals surface area contributed by atoms with Crippen molar-refractivity contribution >= 4 is 39.5 Å². The lowest BCUT2D eigenvalue weighted by atomic mass is 10.1. The highest BCUT2D eigenvalue weighted by molar-refractivity contribution is 8.76. The molecule has 1 aliphatic heterocycles. The Morgan fingerprint density at radius 2 is 0.614 bits per heavy atom. The Morgan fingerprint density at radius 3 is 0.943 bits per heavy atom. The third-order valence-corrected chi connectivity index (χ3v) is 16.6. The van der Waals surface area contributed by atoms with Crippen LogP contribution >= 0.6 is 21.6 Å². The first-order valence-electron chi connectivity index (χ1n) is 30.4. The number of nitrogens with zero attached hydrogens (tertiary/aromatic N) is 3. The maximum Gasteiger partial charge on any atom is 0.307 e. The molecule has 0 N–H and O–H groups in total. The molecule has 0 unspecified atom stereocenters. The monoisotopic (exact) mass is 1030 g/mol. The summed E-state index contributed by atoms with van der Waals surface area (Å²) in [4.78, 5) is 45.0. The van der Waals surface area contributed by atoms with Gasteiger partial charge in [0, 0.05) is 70.4 Å². The van der Waals surface area contributed by atoms with Gasteiger partial charge < -0.3 is 24.0 Å². The number of hydrogen-bond acceptors (Lipinski definition) is 11. The van der Waals surface area contributed by atoms with Gasteiger partial charge >= 0.3 is 17.9 Å². The van der Waals surface area contributed by atoms with Crippen LogP contribution in [0.15, 0.2) is 0 Å². The van der Waals surface area contributed by atoms with Crippen molar-refractivity contribution in [3.8, 4) is 0 Å². The first-order chi connectivity index (χ1) is 34.5. The van der Waals surface area contributed by atoms with E-state index in [2.05, 4.69) is 35.5 Å². The second-order valence-corrected chi connectivity index (χ2v) is 23.4. The number of carbonyl (C=O) groups is 3. The lowest BCUT2D eigenvalue weighted by Gasteiger charge is -2.34. The average Bonchev–Trinajstić information content (AvgIpc) is 3.37. The van der Waals surface area contributed by atoms with Crippen molar-refractivity contribution in [2.24, 2.45) is 0 Å². The molecule has 1 heterocycles. The Balaban J connectivity index is 2.23. The normalized spacial score (nSPS) is 13.4. The number of hydrogen-bond donors (Lipinski definition) is 0. The predicted octanol–water partition coefficient (Wildman–Crippen LogP) is 16.2. The van der Waals surface area contributed by atoms with Crippen molar-refractivity contribution in [3.63, 3.8) is 0 Å². The average molecular weight is 1030 g/mol. The van der Waals surface area contributed by atoms with Crippen LogP contribution in [0, 0.1) is 0 Å². The van der Waals surface area contributed by atoms with Crippen molar-refractivity contribution in [3.05, 3.63) is 0 Å². The Bertz CT molecular complexity index is 1080. The van der Waals surface area contributed by atoms with Gasteiger partial charge in [0.25, 0.3) is 0 Å². The maximum atomic E-state index is 12.7.